The maximum Gasteiger partial charge on any atom is 0.225 e. The molecule has 4 aromatic heterocycles. The zero-order valence-electron chi connectivity index (χ0n) is 20.9. The second kappa shape index (κ2) is 10.3. The Balaban J connectivity index is 1.09. The van der Waals surface area contributed by atoms with Gasteiger partial charge in [-0.05, 0) is 80.7 Å². The molecule has 0 spiro atoms. The molecule has 2 aliphatic heterocycles. The highest BCUT2D eigenvalue weighted by molar-refractivity contribution is 5.79. The van der Waals surface area contributed by atoms with Crippen molar-refractivity contribution < 1.29 is 4.79 Å². The number of piperidine rings is 2. The third kappa shape index (κ3) is 4.91. The smallest absolute Gasteiger partial charge is 0.225 e. The monoisotopic (exact) mass is 496 g/mol. The Morgan fingerprint density at radius 2 is 1.70 bits per heavy atom. The van der Waals surface area contributed by atoms with Gasteiger partial charge in [-0.25, -0.2) is 15.0 Å². The van der Waals surface area contributed by atoms with Crippen LogP contribution < -0.4 is 5.73 Å². The lowest BCUT2D eigenvalue weighted by molar-refractivity contribution is -0.138. The van der Waals surface area contributed by atoms with Crippen LogP contribution in [0.2, 0.25) is 0 Å². The molecular formula is C28H32N8O. The number of carbonyl (C=O) groups is 1. The fourth-order valence-corrected chi connectivity index (χ4v) is 5.74. The van der Waals surface area contributed by atoms with Crippen LogP contribution in [0.25, 0.3) is 22.7 Å². The number of pyridine rings is 3. The Labute approximate surface area is 216 Å². The Bertz CT molecular complexity index is 1370. The van der Waals surface area contributed by atoms with E-state index in [4.69, 9.17) is 10.7 Å². The SMILES string of the molecule is Nc1cc(CN2CCC(C(=O)N3CCC(n4c(-c5ccccn5)nc5cccnc54)CC3)CC2)ccn1. The molecule has 0 radical (unpaired) electrons. The van der Waals surface area contributed by atoms with E-state index >= 15 is 0 Å². The third-order valence-corrected chi connectivity index (χ3v) is 7.67. The highest BCUT2D eigenvalue weighted by Gasteiger charge is 2.32. The number of rotatable bonds is 5. The Hall–Kier alpha value is -3.85. The Kier molecular flexibility index (Phi) is 6.53. The number of likely N-dealkylation sites (tertiary alicyclic amines) is 2. The van der Waals surface area contributed by atoms with Gasteiger partial charge in [0.2, 0.25) is 5.91 Å². The molecule has 4 aromatic rings. The van der Waals surface area contributed by atoms with E-state index in [9.17, 15) is 4.79 Å². The van der Waals surface area contributed by atoms with Crippen LogP contribution in [0.15, 0.2) is 61.1 Å². The molecule has 2 fully saturated rings. The highest BCUT2D eigenvalue weighted by Crippen LogP contribution is 2.33. The van der Waals surface area contributed by atoms with Crippen LogP contribution in [0.4, 0.5) is 5.82 Å². The summed E-state index contributed by atoms with van der Waals surface area (Å²) in [5, 5.41) is 0. The molecule has 0 aliphatic carbocycles. The van der Waals surface area contributed by atoms with Crippen molar-refractivity contribution in [3.8, 4) is 11.5 Å². The highest BCUT2D eigenvalue weighted by atomic mass is 16.2. The summed E-state index contributed by atoms with van der Waals surface area (Å²) in [5.74, 6) is 1.82. The molecule has 0 aromatic carbocycles. The summed E-state index contributed by atoms with van der Waals surface area (Å²) < 4.78 is 2.24. The number of hydrogen-bond acceptors (Lipinski definition) is 7. The zero-order chi connectivity index (χ0) is 25.2. The lowest BCUT2D eigenvalue weighted by atomic mass is 9.93. The number of aromatic nitrogens is 5. The van der Waals surface area contributed by atoms with Crippen LogP contribution in [-0.2, 0) is 11.3 Å². The summed E-state index contributed by atoms with van der Waals surface area (Å²) in [5.41, 5.74) is 9.61. The van der Waals surface area contributed by atoms with E-state index in [-0.39, 0.29) is 12.0 Å². The van der Waals surface area contributed by atoms with E-state index in [2.05, 4.69) is 29.3 Å². The largest absolute Gasteiger partial charge is 0.384 e. The van der Waals surface area contributed by atoms with Crippen LogP contribution in [0.5, 0.6) is 0 Å². The maximum atomic E-state index is 13.4. The minimum absolute atomic E-state index is 0.107. The Morgan fingerprint density at radius 1 is 0.892 bits per heavy atom. The van der Waals surface area contributed by atoms with Gasteiger partial charge < -0.3 is 15.2 Å². The van der Waals surface area contributed by atoms with Crippen molar-refractivity contribution in [1.29, 1.82) is 0 Å². The van der Waals surface area contributed by atoms with Gasteiger partial charge in [-0.15, -0.1) is 0 Å². The predicted octanol–water partition coefficient (Wildman–Crippen LogP) is 3.55. The van der Waals surface area contributed by atoms with E-state index in [0.717, 1.165) is 81.1 Å². The second-order valence-corrected chi connectivity index (χ2v) is 10.1. The average molecular weight is 497 g/mol. The molecule has 190 valence electrons. The van der Waals surface area contributed by atoms with Gasteiger partial charge in [0.05, 0.1) is 0 Å². The molecule has 0 bridgehead atoms. The molecule has 2 aliphatic rings. The molecule has 9 nitrogen and oxygen atoms in total. The van der Waals surface area contributed by atoms with Crippen molar-refractivity contribution >= 4 is 22.9 Å². The number of amides is 1. The van der Waals surface area contributed by atoms with Crippen molar-refractivity contribution in [1.82, 2.24) is 34.3 Å². The van der Waals surface area contributed by atoms with Gasteiger partial charge in [-0.1, -0.05) is 6.07 Å². The fraction of sp³-hybridized carbons (Fsp3) is 0.393. The summed E-state index contributed by atoms with van der Waals surface area (Å²) in [4.78, 5) is 36.0. The van der Waals surface area contributed by atoms with Crippen LogP contribution in [0, 0.1) is 5.92 Å². The number of carbonyl (C=O) groups excluding carboxylic acids is 1. The van der Waals surface area contributed by atoms with Gasteiger partial charge >= 0.3 is 0 Å². The van der Waals surface area contributed by atoms with Crippen molar-refractivity contribution in [3.05, 3.63) is 66.6 Å². The molecule has 0 unspecified atom stereocenters. The third-order valence-electron chi connectivity index (χ3n) is 7.67. The molecular weight excluding hydrogens is 464 g/mol. The molecule has 6 heterocycles. The van der Waals surface area contributed by atoms with E-state index in [1.807, 2.05) is 48.7 Å². The zero-order valence-corrected chi connectivity index (χ0v) is 20.9. The molecule has 1 amide bonds. The second-order valence-electron chi connectivity index (χ2n) is 10.1. The number of nitrogen functional groups attached to an aromatic ring is 1. The first kappa shape index (κ1) is 23.5. The number of anilines is 1. The number of hydrogen-bond donors (Lipinski definition) is 1. The van der Waals surface area contributed by atoms with Gasteiger partial charge in [0.1, 0.15) is 17.0 Å². The summed E-state index contributed by atoms with van der Waals surface area (Å²) in [7, 11) is 0. The molecule has 0 atom stereocenters. The van der Waals surface area contributed by atoms with Crippen molar-refractivity contribution in [3.63, 3.8) is 0 Å². The maximum absolute atomic E-state index is 13.4. The topological polar surface area (TPSA) is 106 Å². The van der Waals surface area contributed by atoms with E-state index in [0.29, 0.717) is 11.7 Å². The van der Waals surface area contributed by atoms with Crippen LogP contribution in [0.3, 0.4) is 0 Å². The van der Waals surface area contributed by atoms with Crippen molar-refractivity contribution in [2.75, 3.05) is 31.9 Å². The first-order valence-electron chi connectivity index (χ1n) is 13.1. The molecule has 0 saturated carbocycles. The van der Waals surface area contributed by atoms with Crippen LogP contribution >= 0.6 is 0 Å². The van der Waals surface area contributed by atoms with Crippen molar-refractivity contribution in [2.45, 2.75) is 38.3 Å². The Morgan fingerprint density at radius 3 is 2.46 bits per heavy atom. The van der Waals surface area contributed by atoms with Crippen LogP contribution in [0.1, 0.15) is 37.3 Å². The summed E-state index contributed by atoms with van der Waals surface area (Å²) in [6.45, 7) is 4.22. The predicted molar refractivity (Wildman–Crippen MR) is 142 cm³/mol. The quantitative estimate of drug-likeness (QED) is 0.450. The van der Waals surface area contributed by atoms with Gasteiger partial charge in [0.25, 0.3) is 0 Å². The molecule has 6 rings (SSSR count). The van der Waals surface area contributed by atoms with Gasteiger partial charge in [0, 0.05) is 50.2 Å². The number of nitrogens with zero attached hydrogens (tertiary/aromatic N) is 7. The molecule has 2 N–H and O–H groups in total. The lowest BCUT2D eigenvalue weighted by Gasteiger charge is -2.38. The summed E-state index contributed by atoms with van der Waals surface area (Å²) >= 11 is 0. The molecule has 37 heavy (non-hydrogen) atoms. The van der Waals surface area contributed by atoms with Crippen molar-refractivity contribution in [2.24, 2.45) is 5.92 Å². The normalized spacial score (nSPS) is 17.9. The first-order chi connectivity index (χ1) is 18.2. The van der Waals surface area contributed by atoms with Crippen LogP contribution in [-0.4, -0.2) is 66.4 Å². The van der Waals surface area contributed by atoms with Gasteiger partial charge in [-0.3, -0.25) is 14.7 Å². The number of fused-ring (bicyclic) bond motifs is 1. The van der Waals surface area contributed by atoms with Gasteiger partial charge in [-0.2, -0.15) is 0 Å². The molecule has 9 heteroatoms. The number of nitrogens with two attached hydrogens (primary N) is 1. The first-order valence-corrected chi connectivity index (χ1v) is 13.1. The number of imidazole rings is 1. The fourth-order valence-electron chi connectivity index (χ4n) is 5.74. The van der Waals surface area contributed by atoms with E-state index in [1.165, 1.54) is 5.56 Å². The lowest BCUT2D eigenvalue weighted by Crippen LogP contribution is -2.45. The standard InChI is InChI=1S/C28H32N8O/c29-25-18-20(6-13-31-25)19-34-14-7-21(8-15-34)28(37)35-16-9-22(10-17-35)36-26-24(5-3-12-32-26)33-27(36)23-4-1-2-11-30-23/h1-6,11-13,18,21-22H,7-10,14-17,19H2,(H2,29,31). The minimum Gasteiger partial charge on any atom is -0.384 e. The van der Waals surface area contributed by atoms with E-state index in [1.54, 1.807) is 12.4 Å². The summed E-state index contributed by atoms with van der Waals surface area (Å²) in [6.07, 6.45) is 8.94. The molecule has 2 saturated heterocycles. The average Bonchev–Trinajstić information content (AvgIpc) is 3.33. The van der Waals surface area contributed by atoms with Gasteiger partial charge in [0.15, 0.2) is 11.5 Å². The summed E-state index contributed by atoms with van der Waals surface area (Å²) in [6, 6.07) is 14.0. The van der Waals surface area contributed by atoms with E-state index < -0.39 is 0 Å². The minimum atomic E-state index is 0.107.